The Labute approximate surface area is 244 Å². The lowest BCUT2D eigenvalue weighted by Gasteiger charge is -2.32. The van der Waals surface area contributed by atoms with Crippen molar-refractivity contribution in [3.8, 4) is 0 Å². The summed E-state index contributed by atoms with van der Waals surface area (Å²) >= 11 is 0. The summed E-state index contributed by atoms with van der Waals surface area (Å²) < 4.78 is 17.7. The number of rotatable bonds is 1. The van der Waals surface area contributed by atoms with Gasteiger partial charge in [0.2, 0.25) is 0 Å². The van der Waals surface area contributed by atoms with E-state index in [1.807, 2.05) is 7.48 Å². The van der Waals surface area contributed by atoms with E-state index in [0.29, 0.717) is 0 Å². The van der Waals surface area contributed by atoms with Crippen molar-refractivity contribution in [1.82, 2.24) is 0 Å². The zero-order valence-corrected chi connectivity index (χ0v) is 25.0. The van der Waals surface area contributed by atoms with Crippen LogP contribution in [0.1, 0.15) is 48.0 Å². The van der Waals surface area contributed by atoms with Crippen LogP contribution in [0.15, 0.2) is 83.9 Å². The molecule has 8 rings (SSSR count). The molecule has 0 spiro atoms. The predicted octanol–water partition coefficient (Wildman–Crippen LogP) is 7.06. The maximum atomic E-state index is 6.42. The largest absolute Gasteiger partial charge is 0.494 e. The number of benzene rings is 4. The molecular formula is C36H37B2O3. The van der Waals surface area contributed by atoms with Crippen molar-refractivity contribution in [2.75, 3.05) is 6.61 Å². The van der Waals surface area contributed by atoms with Crippen LogP contribution in [-0.2, 0) is 14.0 Å². The third kappa shape index (κ3) is 4.33. The molecule has 0 N–H and O–H groups in total. The van der Waals surface area contributed by atoms with Crippen molar-refractivity contribution in [1.29, 1.82) is 0 Å². The molecule has 2 heterocycles. The van der Waals surface area contributed by atoms with Crippen LogP contribution in [0.4, 0.5) is 0 Å². The van der Waals surface area contributed by atoms with Gasteiger partial charge >= 0.3 is 7.12 Å². The molecule has 4 aliphatic rings. The number of hydrogen-bond donors (Lipinski definition) is 0. The molecule has 2 saturated heterocycles. The van der Waals surface area contributed by atoms with Crippen molar-refractivity contribution in [2.24, 2.45) is 5.41 Å². The summed E-state index contributed by atoms with van der Waals surface area (Å²) in [5, 5.41) is 10.5. The first-order valence-corrected chi connectivity index (χ1v) is 14.9. The van der Waals surface area contributed by atoms with Gasteiger partial charge in [0.25, 0.3) is 7.48 Å². The molecule has 3 nitrogen and oxygen atoms in total. The highest BCUT2D eigenvalue weighted by atomic mass is 16.7. The molecule has 0 bridgehead atoms. The highest BCUT2D eigenvalue weighted by Crippen LogP contribution is 2.45. The second-order valence-electron chi connectivity index (χ2n) is 13.3. The van der Waals surface area contributed by atoms with Crippen LogP contribution in [-0.4, -0.2) is 32.4 Å². The minimum Gasteiger partial charge on any atom is -0.441 e. The maximum absolute atomic E-state index is 6.42. The molecule has 0 saturated carbocycles. The standard InChI is InChI=1S/C33H31BO2.C3H6BO/c1-31(2)19-22(34-35-32(3,4)33(5,6)36-34)16-21-15-20-17-28-25-13-9-7-11-23(25)24-12-8-10-14-26(24)29(28)18-27(20)30(21)31;1-2-4-5-3-1/h7-19H,1-6H3;1-3H2. The third-order valence-electron chi connectivity index (χ3n) is 9.50. The smallest absolute Gasteiger partial charge is 0.441 e. The van der Waals surface area contributed by atoms with Gasteiger partial charge in [-0.3, -0.25) is 0 Å². The number of allylic oxidation sites excluding steroid dienone is 4. The Morgan fingerprint density at radius 2 is 1.27 bits per heavy atom. The van der Waals surface area contributed by atoms with Gasteiger partial charge in [-0.15, -0.1) is 0 Å². The summed E-state index contributed by atoms with van der Waals surface area (Å²) in [6, 6.07) is 22.4. The van der Waals surface area contributed by atoms with Crippen molar-refractivity contribution in [2.45, 2.75) is 65.5 Å². The molecule has 2 aliphatic carbocycles. The molecule has 5 heteroatoms. The first-order valence-electron chi connectivity index (χ1n) is 14.9. The monoisotopic (exact) mass is 539 g/mol. The topological polar surface area (TPSA) is 27.7 Å². The highest BCUT2D eigenvalue weighted by Gasteiger charge is 2.53. The fraction of sp³-hybridized carbons (Fsp3) is 0.333. The van der Waals surface area contributed by atoms with Gasteiger partial charge in [0.1, 0.15) is 0 Å². The van der Waals surface area contributed by atoms with Crippen LogP contribution in [0.2, 0.25) is 6.32 Å². The molecule has 2 fully saturated rings. The Kier molecular flexibility index (Phi) is 6.17. The lowest BCUT2D eigenvalue weighted by molar-refractivity contribution is 0.00578. The maximum Gasteiger partial charge on any atom is 0.494 e. The van der Waals surface area contributed by atoms with Crippen LogP contribution in [0, 0.1) is 5.41 Å². The Morgan fingerprint density at radius 3 is 1.78 bits per heavy atom. The quantitative estimate of drug-likeness (QED) is 0.192. The van der Waals surface area contributed by atoms with Gasteiger partial charge in [-0.25, -0.2) is 0 Å². The van der Waals surface area contributed by atoms with Crippen LogP contribution in [0.3, 0.4) is 0 Å². The van der Waals surface area contributed by atoms with Gasteiger partial charge in [0.15, 0.2) is 0 Å². The SMILES string of the molecule is CC1(C)C=C(B2OC(C)(C)C(C)(C)O2)C=C2C=c3cc4c5ccccc5c5ccccc5c4cc3=C21.[B]1CCCO1. The highest BCUT2D eigenvalue weighted by molar-refractivity contribution is 6.56. The lowest BCUT2D eigenvalue weighted by Crippen LogP contribution is -2.41. The summed E-state index contributed by atoms with van der Waals surface area (Å²) in [4.78, 5) is 0. The molecule has 0 unspecified atom stereocenters. The molecule has 0 aromatic heterocycles. The Bertz CT molecular complexity index is 1880. The van der Waals surface area contributed by atoms with E-state index in [2.05, 4.69) is 120 Å². The van der Waals surface area contributed by atoms with Gasteiger partial charge in [0.05, 0.1) is 11.2 Å². The molecule has 0 atom stereocenters. The molecule has 1 radical (unpaired) electrons. The summed E-state index contributed by atoms with van der Waals surface area (Å²) in [6.07, 6.45) is 9.36. The number of hydrogen-bond acceptors (Lipinski definition) is 3. The third-order valence-corrected chi connectivity index (χ3v) is 9.50. The van der Waals surface area contributed by atoms with E-state index >= 15 is 0 Å². The molecule has 205 valence electrons. The van der Waals surface area contributed by atoms with Crippen molar-refractivity contribution < 1.29 is 14.0 Å². The van der Waals surface area contributed by atoms with Gasteiger partial charge in [-0.05, 0) is 118 Å². The second kappa shape index (κ2) is 9.46. The van der Waals surface area contributed by atoms with Gasteiger partial charge in [-0.1, -0.05) is 74.5 Å². The van der Waals surface area contributed by atoms with Crippen molar-refractivity contribution >= 4 is 58.6 Å². The van der Waals surface area contributed by atoms with Crippen molar-refractivity contribution in [3.63, 3.8) is 0 Å². The molecule has 2 aliphatic heterocycles. The fourth-order valence-corrected chi connectivity index (χ4v) is 6.77. The van der Waals surface area contributed by atoms with Crippen LogP contribution in [0.25, 0.3) is 44.0 Å². The van der Waals surface area contributed by atoms with E-state index in [-0.39, 0.29) is 23.7 Å². The predicted molar refractivity (Wildman–Crippen MR) is 173 cm³/mol. The number of fused-ring (bicyclic) bond motifs is 8. The van der Waals surface area contributed by atoms with E-state index in [1.54, 1.807) is 0 Å². The summed E-state index contributed by atoms with van der Waals surface area (Å²) in [5.74, 6) is 0. The molecule has 0 amide bonds. The average molecular weight is 539 g/mol. The Balaban J connectivity index is 0.000000502. The first-order chi connectivity index (χ1) is 19.6. The average Bonchev–Trinajstić information content (AvgIpc) is 3.67. The molecule has 41 heavy (non-hydrogen) atoms. The lowest BCUT2D eigenvalue weighted by atomic mass is 9.66. The van der Waals surface area contributed by atoms with E-state index in [1.165, 1.54) is 60.3 Å². The minimum atomic E-state index is -0.354. The van der Waals surface area contributed by atoms with E-state index in [4.69, 9.17) is 14.0 Å². The van der Waals surface area contributed by atoms with Gasteiger partial charge < -0.3 is 14.0 Å². The Hall–Kier alpha value is -3.11. The summed E-state index contributed by atoms with van der Waals surface area (Å²) in [6.45, 7) is 14.0. The molecule has 4 aromatic rings. The summed E-state index contributed by atoms with van der Waals surface area (Å²) in [5.41, 5.74) is 2.91. The van der Waals surface area contributed by atoms with E-state index in [9.17, 15) is 0 Å². The first kappa shape index (κ1) is 26.8. The zero-order valence-electron chi connectivity index (χ0n) is 25.0. The minimum absolute atomic E-state index is 0.148. The van der Waals surface area contributed by atoms with E-state index in [0.717, 1.165) is 18.4 Å². The fourth-order valence-electron chi connectivity index (χ4n) is 6.77. The Morgan fingerprint density at radius 1 is 0.707 bits per heavy atom. The van der Waals surface area contributed by atoms with Crippen molar-refractivity contribution in [3.05, 3.63) is 94.3 Å². The van der Waals surface area contributed by atoms with Crippen LogP contribution < -0.4 is 10.4 Å². The van der Waals surface area contributed by atoms with Gasteiger partial charge in [0, 0.05) is 12.0 Å². The zero-order chi connectivity index (χ0) is 28.6. The molecular weight excluding hydrogens is 502 g/mol. The normalized spacial score (nSPS) is 21.5. The van der Waals surface area contributed by atoms with Crippen LogP contribution >= 0.6 is 0 Å². The second-order valence-corrected chi connectivity index (χ2v) is 13.3. The van der Waals surface area contributed by atoms with E-state index < -0.39 is 0 Å². The van der Waals surface area contributed by atoms with Gasteiger partial charge in [-0.2, -0.15) is 0 Å². The summed E-state index contributed by atoms with van der Waals surface area (Å²) in [7, 11) is 1.51. The van der Waals surface area contributed by atoms with Crippen LogP contribution in [0.5, 0.6) is 0 Å². The molecule has 4 aromatic carbocycles.